The van der Waals surface area contributed by atoms with Crippen LogP contribution in [-0.2, 0) is 11.2 Å². The molecule has 4 aromatic rings. The summed E-state index contributed by atoms with van der Waals surface area (Å²) >= 11 is 7.57. The van der Waals surface area contributed by atoms with E-state index in [0.29, 0.717) is 41.1 Å². The molecule has 0 aliphatic carbocycles. The van der Waals surface area contributed by atoms with E-state index >= 15 is 0 Å². The Morgan fingerprint density at radius 1 is 1.13 bits per heavy atom. The summed E-state index contributed by atoms with van der Waals surface area (Å²) in [5.74, 6) is 0.839. The molecular weight excluding hydrogens is 420 g/mol. The number of rotatable bonds is 7. The molecule has 8 heteroatoms. The molecule has 0 unspecified atom stereocenters. The first-order valence-corrected chi connectivity index (χ1v) is 10.7. The first-order chi connectivity index (χ1) is 14.6. The van der Waals surface area contributed by atoms with Gasteiger partial charge in [0, 0.05) is 29.3 Å². The van der Waals surface area contributed by atoms with Crippen LogP contribution < -0.4 is 5.32 Å². The summed E-state index contributed by atoms with van der Waals surface area (Å²) in [5.41, 5.74) is 3.80. The Labute approximate surface area is 182 Å². The van der Waals surface area contributed by atoms with E-state index in [9.17, 15) is 4.79 Å². The van der Waals surface area contributed by atoms with Crippen molar-refractivity contribution < 1.29 is 9.32 Å². The predicted molar refractivity (Wildman–Crippen MR) is 119 cm³/mol. The summed E-state index contributed by atoms with van der Waals surface area (Å²) in [4.78, 5) is 21.1. The van der Waals surface area contributed by atoms with Crippen LogP contribution in [0.5, 0.6) is 0 Å². The largest absolute Gasteiger partial charge is 0.339 e. The highest BCUT2D eigenvalue weighted by molar-refractivity contribution is 7.14. The van der Waals surface area contributed by atoms with Crippen LogP contribution in [0.25, 0.3) is 22.6 Å². The van der Waals surface area contributed by atoms with Crippen molar-refractivity contribution in [2.24, 2.45) is 0 Å². The molecule has 4 rings (SSSR count). The number of benzene rings is 2. The summed E-state index contributed by atoms with van der Waals surface area (Å²) in [6.07, 6.45) is 1.44. The molecule has 0 atom stereocenters. The number of carbonyl (C=O) groups is 1. The first-order valence-electron chi connectivity index (χ1n) is 9.48. The lowest BCUT2D eigenvalue weighted by atomic mass is 10.1. The van der Waals surface area contributed by atoms with E-state index in [-0.39, 0.29) is 5.91 Å². The molecule has 0 aliphatic rings. The summed E-state index contributed by atoms with van der Waals surface area (Å²) in [7, 11) is 0. The van der Waals surface area contributed by atoms with Gasteiger partial charge in [-0.3, -0.25) is 4.79 Å². The minimum absolute atomic E-state index is 0.0920. The highest BCUT2D eigenvalue weighted by atomic mass is 35.5. The van der Waals surface area contributed by atoms with Gasteiger partial charge in [-0.15, -0.1) is 11.3 Å². The average Bonchev–Trinajstić information content (AvgIpc) is 3.39. The third-order valence-electron chi connectivity index (χ3n) is 4.48. The number of hydrogen-bond acceptors (Lipinski definition) is 6. The second-order valence-electron chi connectivity index (χ2n) is 6.80. The fourth-order valence-corrected chi connectivity index (χ4v) is 3.83. The number of aryl methyl sites for hydroxylation is 2. The number of carbonyl (C=O) groups excluding carboxylic acids is 1. The Hall–Kier alpha value is -3.03. The second kappa shape index (κ2) is 9.19. The van der Waals surface area contributed by atoms with Crippen molar-refractivity contribution in [2.45, 2.75) is 26.2 Å². The van der Waals surface area contributed by atoms with Crippen LogP contribution in [0.2, 0.25) is 5.02 Å². The molecule has 6 nitrogen and oxygen atoms in total. The predicted octanol–water partition coefficient (Wildman–Crippen LogP) is 5.78. The number of hydrogen-bond donors (Lipinski definition) is 1. The molecule has 152 valence electrons. The van der Waals surface area contributed by atoms with Crippen LogP contribution in [0.1, 0.15) is 24.3 Å². The standard InChI is InChI=1S/C22H19ClN4O2S/c1-14-9-11-15(12-10-14)18-13-30-22(24-18)25-19(28)7-4-8-20-26-21(27-29-20)16-5-2-3-6-17(16)23/h2-3,5-6,9-13H,4,7-8H2,1H3,(H,24,25,28). The van der Waals surface area contributed by atoms with E-state index < -0.39 is 0 Å². The molecule has 1 amide bonds. The Morgan fingerprint density at radius 3 is 2.73 bits per heavy atom. The van der Waals surface area contributed by atoms with Crippen molar-refractivity contribution in [3.63, 3.8) is 0 Å². The molecule has 0 saturated carbocycles. The Kier molecular flexibility index (Phi) is 6.21. The monoisotopic (exact) mass is 438 g/mol. The highest BCUT2D eigenvalue weighted by Gasteiger charge is 2.13. The van der Waals surface area contributed by atoms with Crippen LogP contribution in [-0.4, -0.2) is 21.0 Å². The lowest BCUT2D eigenvalue weighted by Crippen LogP contribution is -2.11. The molecule has 1 N–H and O–H groups in total. The van der Waals surface area contributed by atoms with Gasteiger partial charge >= 0.3 is 0 Å². The van der Waals surface area contributed by atoms with E-state index in [4.69, 9.17) is 16.1 Å². The fourth-order valence-electron chi connectivity index (χ4n) is 2.88. The smallest absolute Gasteiger partial charge is 0.226 e. The topological polar surface area (TPSA) is 80.9 Å². The molecule has 0 spiro atoms. The van der Waals surface area contributed by atoms with Gasteiger partial charge < -0.3 is 9.84 Å². The zero-order valence-electron chi connectivity index (χ0n) is 16.3. The molecule has 0 saturated heterocycles. The summed E-state index contributed by atoms with van der Waals surface area (Å²) < 4.78 is 5.27. The zero-order chi connectivity index (χ0) is 20.9. The van der Waals surface area contributed by atoms with Crippen molar-refractivity contribution in [3.05, 3.63) is 70.4 Å². The SMILES string of the molecule is Cc1ccc(-c2csc(NC(=O)CCCc3nc(-c4ccccc4Cl)no3)n2)cc1. The lowest BCUT2D eigenvalue weighted by molar-refractivity contribution is -0.116. The van der Waals surface area contributed by atoms with Gasteiger partial charge in [0.05, 0.1) is 10.7 Å². The number of aromatic nitrogens is 3. The lowest BCUT2D eigenvalue weighted by Gasteiger charge is -2.00. The van der Waals surface area contributed by atoms with Crippen LogP contribution >= 0.6 is 22.9 Å². The maximum Gasteiger partial charge on any atom is 0.226 e. The third-order valence-corrected chi connectivity index (χ3v) is 5.56. The minimum Gasteiger partial charge on any atom is -0.339 e. The second-order valence-corrected chi connectivity index (χ2v) is 8.06. The third kappa shape index (κ3) is 4.93. The summed E-state index contributed by atoms with van der Waals surface area (Å²) in [6, 6.07) is 15.5. The molecule has 2 aromatic heterocycles. The Balaban J connectivity index is 1.28. The zero-order valence-corrected chi connectivity index (χ0v) is 17.8. The van der Waals surface area contributed by atoms with Gasteiger partial charge in [-0.2, -0.15) is 4.98 Å². The molecule has 0 bridgehead atoms. The van der Waals surface area contributed by atoms with E-state index in [2.05, 4.69) is 20.4 Å². The maximum atomic E-state index is 12.2. The minimum atomic E-state index is -0.0920. The number of anilines is 1. The Bertz CT molecular complexity index is 1150. The number of amides is 1. The average molecular weight is 439 g/mol. The molecule has 0 aliphatic heterocycles. The van der Waals surface area contributed by atoms with Gasteiger partial charge in [0.15, 0.2) is 5.13 Å². The van der Waals surface area contributed by atoms with Gasteiger partial charge in [0.25, 0.3) is 0 Å². The van der Waals surface area contributed by atoms with E-state index in [1.807, 2.05) is 54.8 Å². The van der Waals surface area contributed by atoms with Crippen molar-refractivity contribution >= 4 is 34.0 Å². The van der Waals surface area contributed by atoms with Crippen LogP contribution in [0.15, 0.2) is 58.4 Å². The maximum absolute atomic E-state index is 12.2. The van der Waals surface area contributed by atoms with E-state index in [0.717, 1.165) is 16.8 Å². The van der Waals surface area contributed by atoms with Crippen LogP contribution in [0, 0.1) is 6.92 Å². The molecule has 2 heterocycles. The molecule has 30 heavy (non-hydrogen) atoms. The van der Waals surface area contributed by atoms with Gasteiger partial charge in [0.1, 0.15) is 0 Å². The van der Waals surface area contributed by atoms with Crippen LogP contribution in [0.4, 0.5) is 5.13 Å². The van der Waals surface area contributed by atoms with E-state index in [1.54, 1.807) is 6.07 Å². The van der Waals surface area contributed by atoms with Crippen molar-refractivity contribution in [1.82, 2.24) is 15.1 Å². The van der Waals surface area contributed by atoms with Gasteiger partial charge in [0.2, 0.25) is 17.6 Å². The van der Waals surface area contributed by atoms with Crippen molar-refractivity contribution in [1.29, 1.82) is 0 Å². The number of halogens is 1. The van der Waals surface area contributed by atoms with Gasteiger partial charge in [-0.1, -0.05) is 58.7 Å². The molecule has 0 radical (unpaired) electrons. The molecule has 0 fully saturated rings. The number of nitrogens with zero attached hydrogens (tertiary/aromatic N) is 3. The van der Waals surface area contributed by atoms with Gasteiger partial charge in [-0.25, -0.2) is 4.98 Å². The molecule has 2 aromatic carbocycles. The first kappa shape index (κ1) is 20.3. The normalized spacial score (nSPS) is 10.9. The number of thiazole rings is 1. The van der Waals surface area contributed by atoms with Crippen molar-refractivity contribution in [3.8, 4) is 22.6 Å². The summed E-state index contributed by atoms with van der Waals surface area (Å²) in [5, 5.41) is 9.92. The van der Waals surface area contributed by atoms with Gasteiger partial charge in [-0.05, 0) is 25.5 Å². The Morgan fingerprint density at radius 2 is 1.93 bits per heavy atom. The molecular formula is C22H19ClN4O2S. The van der Waals surface area contributed by atoms with Crippen LogP contribution in [0.3, 0.4) is 0 Å². The number of nitrogens with one attached hydrogen (secondary N) is 1. The quantitative estimate of drug-likeness (QED) is 0.395. The highest BCUT2D eigenvalue weighted by Crippen LogP contribution is 2.26. The van der Waals surface area contributed by atoms with Crippen molar-refractivity contribution in [2.75, 3.05) is 5.32 Å². The summed E-state index contributed by atoms with van der Waals surface area (Å²) in [6.45, 7) is 2.04. The fraction of sp³-hybridized carbons (Fsp3) is 0.182. The van der Waals surface area contributed by atoms with E-state index in [1.165, 1.54) is 16.9 Å².